The first-order valence-corrected chi connectivity index (χ1v) is 18.7. The first-order valence-electron chi connectivity index (χ1n) is 16.1. The molecule has 1 aromatic heterocycles. The van der Waals surface area contributed by atoms with E-state index in [0.29, 0.717) is 17.5 Å². The van der Waals surface area contributed by atoms with E-state index in [9.17, 15) is 0 Å². The highest BCUT2D eigenvalue weighted by molar-refractivity contribution is 8.02. The lowest BCUT2D eigenvalue weighted by molar-refractivity contribution is 0.591. The van der Waals surface area contributed by atoms with Gasteiger partial charge in [0.2, 0.25) is 0 Å². The number of hydrogen-bond donors (Lipinski definition) is 0. The molecule has 6 heteroatoms. The molecule has 0 saturated carbocycles. The molecule has 1 aliphatic heterocycles. The van der Waals surface area contributed by atoms with Gasteiger partial charge in [-0.1, -0.05) is 151 Å². The van der Waals surface area contributed by atoms with Gasteiger partial charge in [-0.3, -0.25) is 0 Å². The SMILES string of the molecule is O=P1(c2ccccc2)c2ccccc2Sc2ccc(-c3ccc(-c4nc(-c5ccccc5)nc(-c5ccccc5)n4)c4ccccc34)cc21. The Bertz CT molecular complexity index is 2500. The fraction of sp³-hybridized carbons (Fsp3) is 0. The van der Waals surface area contributed by atoms with Gasteiger partial charge < -0.3 is 4.57 Å². The van der Waals surface area contributed by atoms with Gasteiger partial charge in [-0.25, -0.2) is 15.0 Å². The smallest absolute Gasteiger partial charge is 0.173 e. The topological polar surface area (TPSA) is 55.7 Å². The first-order chi connectivity index (χ1) is 24.2. The van der Waals surface area contributed by atoms with Gasteiger partial charge in [-0.2, -0.15) is 0 Å². The molecule has 49 heavy (non-hydrogen) atoms. The molecule has 4 nitrogen and oxygen atoms in total. The molecule has 0 aliphatic carbocycles. The van der Waals surface area contributed by atoms with Crippen LogP contribution in [0.1, 0.15) is 0 Å². The van der Waals surface area contributed by atoms with E-state index >= 15 is 4.57 Å². The lowest BCUT2D eigenvalue weighted by atomic mass is 9.94. The van der Waals surface area contributed by atoms with Crippen LogP contribution >= 0.6 is 18.9 Å². The zero-order chi connectivity index (χ0) is 32.8. The normalized spacial score (nSPS) is 15.0. The van der Waals surface area contributed by atoms with Crippen LogP contribution in [0.2, 0.25) is 0 Å². The Labute approximate surface area is 289 Å². The maximum Gasteiger partial charge on any atom is 0.173 e. The molecule has 7 aromatic carbocycles. The Hall–Kier alpha value is -5.61. The van der Waals surface area contributed by atoms with Gasteiger partial charge in [0.1, 0.15) is 0 Å². The summed E-state index contributed by atoms with van der Waals surface area (Å²) in [7, 11) is -3.13. The van der Waals surface area contributed by atoms with Gasteiger partial charge in [-0.15, -0.1) is 0 Å². The summed E-state index contributed by atoms with van der Waals surface area (Å²) in [4.78, 5) is 17.0. The molecular formula is C43H28N3OPS. The van der Waals surface area contributed by atoms with Crippen molar-refractivity contribution >= 4 is 45.6 Å². The summed E-state index contributed by atoms with van der Waals surface area (Å²) in [5.74, 6) is 1.87. The molecule has 0 spiro atoms. The van der Waals surface area contributed by atoms with Crippen molar-refractivity contribution in [1.29, 1.82) is 0 Å². The Kier molecular flexibility index (Phi) is 7.31. The lowest BCUT2D eigenvalue weighted by Crippen LogP contribution is -2.30. The van der Waals surface area contributed by atoms with Crippen molar-refractivity contribution in [2.45, 2.75) is 9.79 Å². The second-order valence-corrected chi connectivity index (χ2v) is 15.7. The van der Waals surface area contributed by atoms with Crippen LogP contribution in [-0.4, -0.2) is 15.0 Å². The predicted molar refractivity (Wildman–Crippen MR) is 203 cm³/mol. The van der Waals surface area contributed by atoms with Gasteiger partial charge in [0, 0.05) is 42.4 Å². The minimum atomic E-state index is -3.13. The summed E-state index contributed by atoms with van der Waals surface area (Å²) < 4.78 is 15.4. The summed E-state index contributed by atoms with van der Waals surface area (Å²) in [6, 6.07) is 57.2. The minimum Gasteiger partial charge on any atom is -0.309 e. The van der Waals surface area contributed by atoms with Gasteiger partial charge >= 0.3 is 0 Å². The summed E-state index contributed by atoms with van der Waals surface area (Å²) in [5, 5.41) is 4.73. The molecule has 0 fully saturated rings. The quantitative estimate of drug-likeness (QED) is 0.171. The third kappa shape index (κ3) is 5.10. The van der Waals surface area contributed by atoms with Crippen LogP contribution in [-0.2, 0) is 4.57 Å². The summed E-state index contributed by atoms with van der Waals surface area (Å²) >= 11 is 1.69. The second-order valence-electron chi connectivity index (χ2n) is 11.9. The highest BCUT2D eigenvalue weighted by atomic mass is 32.2. The summed E-state index contributed by atoms with van der Waals surface area (Å²) in [6.45, 7) is 0. The molecule has 0 N–H and O–H groups in total. The van der Waals surface area contributed by atoms with E-state index < -0.39 is 7.14 Å². The number of rotatable bonds is 5. The van der Waals surface area contributed by atoms with E-state index in [1.54, 1.807) is 11.8 Å². The van der Waals surface area contributed by atoms with Crippen molar-refractivity contribution in [1.82, 2.24) is 15.0 Å². The molecule has 8 aromatic rings. The van der Waals surface area contributed by atoms with Crippen LogP contribution in [0.25, 0.3) is 56.1 Å². The average Bonchev–Trinajstić information content (AvgIpc) is 3.18. The molecule has 0 saturated heterocycles. The van der Waals surface area contributed by atoms with Crippen LogP contribution in [0, 0.1) is 0 Å². The van der Waals surface area contributed by atoms with Crippen LogP contribution in [0.3, 0.4) is 0 Å². The molecule has 1 aliphatic rings. The summed E-state index contributed by atoms with van der Waals surface area (Å²) in [5.41, 5.74) is 4.86. The van der Waals surface area contributed by atoms with Crippen molar-refractivity contribution < 1.29 is 4.57 Å². The van der Waals surface area contributed by atoms with Gasteiger partial charge in [-0.05, 0) is 52.2 Å². The maximum absolute atomic E-state index is 15.4. The molecule has 0 radical (unpaired) electrons. The Morgan fingerprint density at radius 2 is 0.918 bits per heavy atom. The van der Waals surface area contributed by atoms with Crippen molar-refractivity contribution in [3.63, 3.8) is 0 Å². The number of hydrogen-bond acceptors (Lipinski definition) is 5. The van der Waals surface area contributed by atoms with Crippen LogP contribution in [0.5, 0.6) is 0 Å². The lowest BCUT2D eigenvalue weighted by Gasteiger charge is -2.29. The zero-order valence-electron chi connectivity index (χ0n) is 26.3. The molecule has 1 atom stereocenters. The predicted octanol–water partition coefficient (Wildman–Crippen LogP) is 9.80. The molecular weight excluding hydrogens is 638 g/mol. The average molecular weight is 666 g/mol. The number of fused-ring (bicyclic) bond motifs is 3. The van der Waals surface area contributed by atoms with E-state index in [1.165, 1.54) is 0 Å². The van der Waals surface area contributed by atoms with Crippen molar-refractivity contribution in [2.24, 2.45) is 0 Å². The van der Waals surface area contributed by atoms with E-state index in [2.05, 4.69) is 60.7 Å². The highest BCUT2D eigenvalue weighted by Crippen LogP contribution is 2.53. The van der Waals surface area contributed by atoms with Gasteiger partial charge in [0.25, 0.3) is 0 Å². The van der Waals surface area contributed by atoms with Crippen molar-refractivity contribution in [3.05, 3.63) is 170 Å². The zero-order valence-corrected chi connectivity index (χ0v) is 28.0. The van der Waals surface area contributed by atoms with Crippen molar-refractivity contribution in [3.8, 4) is 45.3 Å². The molecule has 2 heterocycles. The summed E-state index contributed by atoms with van der Waals surface area (Å²) in [6.07, 6.45) is 0. The first kappa shape index (κ1) is 29.5. The monoisotopic (exact) mass is 665 g/mol. The number of benzene rings is 7. The van der Waals surface area contributed by atoms with E-state index in [1.807, 2.05) is 109 Å². The van der Waals surface area contributed by atoms with Crippen LogP contribution in [0.15, 0.2) is 180 Å². The van der Waals surface area contributed by atoms with E-state index in [0.717, 1.165) is 64.3 Å². The second kappa shape index (κ2) is 12.1. The Morgan fingerprint density at radius 1 is 0.408 bits per heavy atom. The third-order valence-corrected chi connectivity index (χ3v) is 13.6. The Morgan fingerprint density at radius 3 is 1.59 bits per heavy atom. The molecule has 0 bridgehead atoms. The fourth-order valence-electron chi connectivity index (χ4n) is 6.66. The fourth-order valence-corrected chi connectivity index (χ4v) is 11.4. The Balaban J connectivity index is 1.22. The van der Waals surface area contributed by atoms with E-state index in [-0.39, 0.29) is 0 Å². The largest absolute Gasteiger partial charge is 0.309 e. The van der Waals surface area contributed by atoms with Crippen LogP contribution < -0.4 is 15.9 Å². The minimum absolute atomic E-state index is 0.613. The third-order valence-electron chi connectivity index (χ3n) is 9.02. The van der Waals surface area contributed by atoms with E-state index in [4.69, 9.17) is 15.0 Å². The molecule has 0 amide bonds. The maximum atomic E-state index is 15.4. The van der Waals surface area contributed by atoms with Crippen LogP contribution in [0.4, 0.5) is 0 Å². The number of nitrogens with zero attached hydrogens (tertiary/aromatic N) is 3. The van der Waals surface area contributed by atoms with Crippen molar-refractivity contribution in [2.75, 3.05) is 0 Å². The number of aromatic nitrogens is 3. The molecule has 9 rings (SSSR count). The molecule has 232 valence electrons. The molecule has 1 unspecified atom stereocenters. The standard InChI is InChI=1S/C43H28N3OPS/c47-48(32-18-8-3-9-19-32)37-22-12-13-23-39(37)49-40-27-24-31(28-38(40)48)33-25-26-36(35-21-11-10-20-34(33)35)43-45-41(29-14-4-1-5-15-29)44-42(46-43)30-16-6-2-7-17-30/h1-28H. The van der Waals surface area contributed by atoms with Gasteiger partial charge in [0.05, 0.1) is 0 Å². The highest BCUT2D eigenvalue weighted by Gasteiger charge is 2.38. The van der Waals surface area contributed by atoms with Gasteiger partial charge in [0.15, 0.2) is 24.6 Å².